The van der Waals surface area contributed by atoms with Gasteiger partial charge in [0, 0.05) is 6.42 Å². The van der Waals surface area contributed by atoms with Gasteiger partial charge in [-0.1, -0.05) is 31.4 Å². The number of nitrogens with zero attached hydrogens (tertiary/aromatic N) is 1. The maximum Gasteiger partial charge on any atom is 0.236 e. The van der Waals surface area contributed by atoms with Gasteiger partial charge in [0.1, 0.15) is 5.75 Å². The third-order valence-corrected chi connectivity index (χ3v) is 4.55. The van der Waals surface area contributed by atoms with Crippen LogP contribution >= 0.6 is 0 Å². The van der Waals surface area contributed by atoms with Gasteiger partial charge in [-0.3, -0.25) is 14.5 Å². The van der Waals surface area contributed by atoms with Gasteiger partial charge >= 0.3 is 0 Å². The Morgan fingerprint density at radius 3 is 2.60 bits per heavy atom. The van der Waals surface area contributed by atoms with Crippen molar-refractivity contribution in [1.29, 1.82) is 0 Å². The van der Waals surface area contributed by atoms with Gasteiger partial charge in [-0.25, -0.2) is 0 Å². The fraction of sp³-hybridized carbons (Fsp3) is 0.500. The number of rotatable bonds is 2. The maximum absolute atomic E-state index is 12.6. The van der Waals surface area contributed by atoms with E-state index in [9.17, 15) is 14.7 Å². The van der Waals surface area contributed by atoms with Crippen LogP contribution in [0.25, 0.3) is 0 Å². The molecule has 20 heavy (non-hydrogen) atoms. The Bertz CT molecular complexity index is 546. The summed E-state index contributed by atoms with van der Waals surface area (Å²) in [7, 11) is 0. The number of amides is 2. The van der Waals surface area contributed by atoms with Crippen LogP contribution in [0.3, 0.4) is 0 Å². The zero-order valence-electron chi connectivity index (χ0n) is 11.5. The lowest BCUT2D eigenvalue weighted by Gasteiger charge is -2.30. The molecule has 1 aliphatic carbocycles. The van der Waals surface area contributed by atoms with E-state index in [1.54, 1.807) is 18.2 Å². The van der Waals surface area contributed by atoms with Crippen LogP contribution in [0, 0.1) is 5.41 Å². The molecule has 4 nitrogen and oxygen atoms in total. The zero-order chi connectivity index (χ0) is 14.2. The van der Waals surface area contributed by atoms with E-state index in [1.807, 2.05) is 6.07 Å². The number of phenols is 1. The smallest absolute Gasteiger partial charge is 0.236 e. The average Bonchev–Trinajstić information content (AvgIpc) is 2.64. The van der Waals surface area contributed by atoms with E-state index >= 15 is 0 Å². The molecule has 0 unspecified atom stereocenters. The molecule has 1 spiro atoms. The topological polar surface area (TPSA) is 57.6 Å². The molecule has 0 bridgehead atoms. The minimum Gasteiger partial charge on any atom is -0.508 e. The fourth-order valence-electron chi connectivity index (χ4n) is 3.48. The molecule has 1 saturated heterocycles. The van der Waals surface area contributed by atoms with E-state index in [0.717, 1.165) is 37.7 Å². The number of hydrogen-bond acceptors (Lipinski definition) is 3. The third-order valence-electron chi connectivity index (χ3n) is 4.55. The van der Waals surface area contributed by atoms with Crippen LogP contribution in [0.4, 0.5) is 0 Å². The molecule has 106 valence electrons. The molecule has 0 atom stereocenters. The Balaban J connectivity index is 1.80. The fourth-order valence-corrected chi connectivity index (χ4v) is 3.48. The van der Waals surface area contributed by atoms with Crippen LogP contribution in [-0.4, -0.2) is 21.8 Å². The molecule has 0 radical (unpaired) electrons. The minimum absolute atomic E-state index is 0.00876. The highest BCUT2D eigenvalue weighted by molar-refractivity contribution is 6.05. The Morgan fingerprint density at radius 1 is 1.15 bits per heavy atom. The van der Waals surface area contributed by atoms with E-state index in [1.165, 1.54) is 4.90 Å². The van der Waals surface area contributed by atoms with Gasteiger partial charge in [0.2, 0.25) is 11.8 Å². The summed E-state index contributed by atoms with van der Waals surface area (Å²) in [6, 6.07) is 6.74. The Hall–Kier alpha value is -1.84. The summed E-state index contributed by atoms with van der Waals surface area (Å²) < 4.78 is 0. The first kappa shape index (κ1) is 13.2. The second-order valence-electron chi connectivity index (χ2n) is 5.97. The largest absolute Gasteiger partial charge is 0.508 e. The van der Waals surface area contributed by atoms with Crippen molar-refractivity contribution in [2.24, 2.45) is 5.41 Å². The molecular formula is C16H19NO3. The molecule has 2 amide bonds. The molecule has 1 aromatic carbocycles. The lowest BCUT2D eigenvalue weighted by atomic mass is 9.73. The molecule has 2 fully saturated rings. The number of hydrogen-bond donors (Lipinski definition) is 1. The zero-order valence-corrected chi connectivity index (χ0v) is 11.5. The predicted octanol–water partition coefficient (Wildman–Crippen LogP) is 2.60. The summed E-state index contributed by atoms with van der Waals surface area (Å²) in [5.74, 6) is 0.0831. The van der Waals surface area contributed by atoms with Gasteiger partial charge in [0.05, 0.1) is 12.0 Å². The van der Waals surface area contributed by atoms with Crippen molar-refractivity contribution in [2.45, 2.75) is 45.1 Å². The highest BCUT2D eigenvalue weighted by Crippen LogP contribution is 2.45. The number of carbonyl (C=O) groups is 2. The van der Waals surface area contributed by atoms with Crippen LogP contribution in [0.2, 0.25) is 0 Å². The predicted molar refractivity (Wildman–Crippen MR) is 73.8 cm³/mol. The lowest BCUT2D eigenvalue weighted by Crippen LogP contribution is -2.36. The summed E-state index contributed by atoms with van der Waals surface area (Å²) >= 11 is 0. The van der Waals surface area contributed by atoms with Crippen molar-refractivity contribution < 1.29 is 14.7 Å². The quantitative estimate of drug-likeness (QED) is 0.843. The first-order valence-corrected chi connectivity index (χ1v) is 7.23. The number of likely N-dealkylation sites (tertiary alicyclic amines) is 1. The van der Waals surface area contributed by atoms with Crippen molar-refractivity contribution in [3.63, 3.8) is 0 Å². The highest BCUT2D eigenvalue weighted by Gasteiger charge is 2.51. The van der Waals surface area contributed by atoms with Gasteiger partial charge < -0.3 is 5.11 Å². The molecule has 1 aliphatic heterocycles. The second kappa shape index (κ2) is 4.93. The van der Waals surface area contributed by atoms with Crippen molar-refractivity contribution >= 4 is 11.8 Å². The van der Waals surface area contributed by atoms with Gasteiger partial charge in [-0.05, 0) is 30.5 Å². The summed E-state index contributed by atoms with van der Waals surface area (Å²) in [6.07, 6.45) is 5.29. The first-order valence-electron chi connectivity index (χ1n) is 7.23. The van der Waals surface area contributed by atoms with Crippen molar-refractivity contribution in [2.75, 3.05) is 0 Å². The molecule has 0 aromatic heterocycles. The summed E-state index contributed by atoms with van der Waals surface area (Å²) in [4.78, 5) is 26.2. The summed E-state index contributed by atoms with van der Waals surface area (Å²) in [6.45, 7) is 0.272. The lowest BCUT2D eigenvalue weighted by molar-refractivity contribution is -0.142. The van der Waals surface area contributed by atoms with Crippen molar-refractivity contribution in [1.82, 2.24) is 4.90 Å². The Morgan fingerprint density at radius 2 is 1.90 bits per heavy atom. The van der Waals surface area contributed by atoms with Gasteiger partial charge in [0.25, 0.3) is 0 Å². The monoisotopic (exact) mass is 273 g/mol. The molecule has 1 aromatic rings. The van der Waals surface area contributed by atoms with E-state index in [2.05, 4.69) is 0 Å². The second-order valence-corrected chi connectivity index (χ2v) is 5.97. The molecule has 1 N–H and O–H groups in total. The SMILES string of the molecule is O=C1CC2(CCCCC2)C(=O)N1Cc1cccc(O)c1. The molecule has 4 heteroatoms. The van der Waals surface area contributed by atoms with Gasteiger partial charge in [0.15, 0.2) is 0 Å². The Labute approximate surface area is 118 Å². The molecule has 2 aliphatic rings. The van der Waals surface area contributed by atoms with Gasteiger partial charge in [-0.2, -0.15) is 0 Å². The standard InChI is InChI=1S/C16H19NO3/c18-13-6-4-5-12(9-13)11-17-14(19)10-16(15(17)20)7-2-1-3-8-16/h4-6,9,18H,1-3,7-8,10-11H2. The van der Waals surface area contributed by atoms with Crippen LogP contribution in [-0.2, 0) is 16.1 Å². The van der Waals surface area contributed by atoms with E-state index in [4.69, 9.17) is 0 Å². The van der Waals surface area contributed by atoms with Crippen molar-refractivity contribution in [3.8, 4) is 5.75 Å². The number of benzene rings is 1. The van der Waals surface area contributed by atoms with E-state index in [-0.39, 0.29) is 24.1 Å². The summed E-state index contributed by atoms with van der Waals surface area (Å²) in [5, 5.41) is 9.47. The molecule has 3 rings (SSSR count). The summed E-state index contributed by atoms with van der Waals surface area (Å²) in [5.41, 5.74) is 0.367. The highest BCUT2D eigenvalue weighted by atomic mass is 16.3. The average molecular weight is 273 g/mol. The van der Waals surface area contributed by atoms with Gasteiger partial charge in [-0.15, -0.1) is 0 Å². The number of carbonyl (C=O) groups excluding carboxylic acids is 2. The minimum atomic E-state index is -0.424. The van der Waals surface area contributed by atoms with Crippen LogP contribution < -0.4 is 0 Å². The van der Waals surface area contributed by atoms with Crippen LogP contribution in [0.5, 0.6) is 5.75 Å². The molecule has 1 heterocycles. The first-order chi connectivity index (χ1) is 9.61. The molecular weight excluding hydrogens is 254 g/mol. The van der Waals surface area contributed by atoms with Crippen molar-refractivity contribution in [3.05, 3.63) is 29.8 Å². The number of imide groups is 1. The van der Waals surface area contributed by atoms with Crippen LogP contribution in [0.1, 0.15) is 44.1 Å². The molecule has 1 saturated carbocycles. The number of phenolic OH excluding ortho intramolecular Hbond substituents is 1. The van der Waals surface area contributed by atoms with Crippen LogP contribution in [0.15, 0.2) is 24.3 Å². The maximum atomic E-state index is 12.6. The Kier molecular flexibility index (Phi) is 3.24. The van der Waals surface area contributed by atoms with E-state index < -0.39 is 5.41 Å². The van der Waals surface area contributed by atoms with E-state index in [0.29, 0.717) is 6.42 Å². The number of aromatic hydroxyl groups is 1. The third kappa shape index (κ3) is 2.19. The normalized spacial score (nSPS) is 21.7.